The summed E-state index contributed by atoms with van der Waals surface area (Å²) in [4.78, 5) is 25.8. The molecule has 164 valence electrons. The van der Waals surface area contributed by atoms with Gasteiger partial charge in [-0.15, -0.1) is 0 Å². The second-order valence-corrected chi connectivity index (χ2v) is 8.12. The van der Waals surface area contributed by atoms with Gasteiger partial charge in [0.05, 0.1) is 17.5 Å². The van der Waals surface area contributed by atoms with E-state index in [9.17, 15) is 35.9 Å². The van der Waals surface area contributed by atoms with Gasteiger partial charge in [0.2, 0.25) is 5.91 Å². The number of alkyl halides is 6. The highest BCUT2D eigenvalue weighted by Gasteiger charge is 2.62. The molecule has 4 rings (SSSR count). The number of hydrogen-bond acceptors (Lipinski definition) is 3. The Bertz CT molecular complexity index is 899. The lowest BCUT2D eigenvalue weighted by Gasteiger charge is -2.34. The van der Waals surface area contributed by atoms with Gasteiger partial charge in [0.15, 0.2) is 6.23 Å². The van der Waals surface area contributed by atoms with Gasteiger partial charge in [-0.1, -0.05) is 6.92 Å². The van der Waals surface area contributed by atoms with Crippen LogP contribution in [-0.4, -0.2) is 35.2 Å². The number of rotatable bonds is 1. The van der Waals surface area contributed by atoms with Crippen LogP contribution < -0.4 is 10.1 Å². The molecule has 30 heavy (non-hydrogen) atoms. The van der Waals surface area contributed by atoms with E-state index in [0.29, 0.717) is 0 Å². The predicted octanol–water partition coefficient (Wildman–Crippen LogP) is 3.62. The number of carbonyl (C=O) groups is 2. The van der Waals surface area contributed by atoms with E-state index in [1.807, 2.05) is 5.32 Å². The van der Waals surface area contributed by atoms with Crippen molar-refractivity contribution in [2.75, 3.05) is 0 Å². The van der Waals surface area contributed by atoms with Gasteiger partial charge >= 0.3 is 18.3 Å². The first-order valence-corrected chi connectivity index (χ1v) is 9.38. The van der Waals surface area contributed by atoms with E-state index in [-0.39, 0.29) is 43.0 Å². The third-order valence-corrected chi connectivity index (χ3v) is 6.41. The number of benzene rings is 1. The largest absolute Gasteiger partial charge is 0.471 e. The van der Waals surface area contributed by atoms with Crippen molar-refractivity contribution in [2.24, 2.45) is 11.3 Å². The molecule has 2 aliphatic heterocycles. The maximum Gasteiger partial charge on any atom is 0.471 e. The quantitative estimate of drug-likeness (QED) is 0.685. The van der Waals surface area contributed by atoms with Crippen LogP contribution in [0.15, 0.2) is 18.2 Å². The normalized spacial score (nSPS) is 30.8. The first kappa shape index (κ1) is 20.8. The molecule has 5 nitrogen and oxygen atoms in total. The zero-order chi connectivity index (χ0) is 22.1. The Morgan fingerprint density at radius 3 is 2.57 bits per heavy atom. The Kier molecular flexibility index (Phi) is 4.52. The molecule has 0 bridgehead atoms. The Labute approximate surface area is 167 Å². The number of ether oxygens (including phenoxy) is 1. The lowest BCUT2D eigenvalue weighted by molar-refractivity contribution is -0.174. The van der Waals surface area contributed by atoms with Gasteiger partial charge in [0.25, 0.3) is 0 Å². The first-order chi connectivity index (χ1) is 13.8. The maximum absolute atomic E-state index is 13.2. The van der Waals surface area contributed by atoms with E-state index in [0.717, 1.165) is 12.1 Å². The summed E-state index contributed by atoms with van der Waals surface area (Å²) in [6.07, 6.45) is -9.79. The smallest absolute Gasteiger partial charge is 0.470 e. The molecule has 1 saturated carbocycles. The van der Waals surface area contributed by atoms with Gasteiger partial charge in [-0.3, -0.25) is 9.59 Å². The average molecular weight is 436 g/mol. The zero-order valence-electron chi connectivity index (χ0n) is 15.7. The van der Waals surface area contributed by atoms with E-state index >= 15 is 0 Å². The van der Waals surface area contributed by atoms with E-state index in [2.05, 4.69) is 0 Å². The average Bonchev–Trinajstić information content (AvgIpc) is 3.15. The molecule has 1 spiro atoms. The van der Waals surface area contributed by atoms with Crippen molar-refractivity contribution < 1.29 is 40.7 Å². The molecule has 1 saturated heterocycles. The number of amides is 2. The number of carbonyl (C=O) groups excluding carboxylic acids is 2. The molecule has 2 unspecified atom stereocenters. The third-order valence-electron chi connectivity index (χ3n) is 6.41. The van der Waals surface area contributed by atoms with Crippen LogP contribution in [0.4, 0.5) is 26.3 Å². The van der Waals surface area contributed by atoms with Gasteiger partial charge in [-0.05, 0) is 37.5 Å². The molecule has 11 heteroatoms. The minimum atomic E-state index is -5.01. The van der Waals surface area contributed by atoms with E-state index in [1.165, 1.54) is 11.0 Å². The van der Waals surface area contributed by atoms with Crippen molar-refractivity contribution >= 4 is 11.8 Å². The molecule has 1 aliphatic carbocycles. The Morgan fingerprint density at radius 1 is 1.23 bits per heavy atom. The van der Waals surface area contributed by atoms with Crippen LogP contribution >= 0.6 is 0 Å². The van der Waals surface area contributed by atoms with Crippen LogP contribution in [0.5, 0.6) is 5.75 Å². The molecule has 0 aromatic heterocycles. The Hall–Kier alpha value is -2.46. The monoisotopic (exact) mass is 436 g/mol. The zero-order valence-corrected chi connectivity index (χ0v) is 15.7. The SMILES string of the molecule is CC1C2Oc3ccc(C(F)(F)F)cc3CN2C(=O)[C@]12CC[C@@H](NC(=O)C(F)(F)F)C2. The summed E-state index contributed by atoms with van der Waals surface area (Å²) >= 11 is 0. The summed E-state index contributed by atoms with van der Waals surface area (Å²) in [6.45, 7) is 1.67. The van der Waals surface area contributed by atoms with Crippen molar-refractivity contribution in [3.63, 3.8) is 0 Å². The van der Waals surface area contributed by atoms with Crippen LogP contribution in [0.2, 0.25) is 0 Å². The van der Waals surface area contributed by atoms with Crippen molar-refractivity contribution in [1.82, 2.24) is 10.2 Å². The van der Waals surface area contributed by atoms with Gasteiger partial charge < -0.3 is 15.0 Å². The molecule has 1 aromatic rings. The van der Waals surface area contributed by atoms with E-state index in [4.69, 9.17) is 4.74 Å². The summed E-state index contributed by atoms with van der Waals surface area (Å²) < 4.78 is 82.5. The van der Waals surface area contributed by atoms with Gasteiger partial charge in [-0.25, -0.2) is 0 Å². The van der Waals surface area contributed by atoms with Crippen LogP contribution in [0.3, 0.4) is 0 Å². The topological polar surface area (TPSA) is 58.6 Å². The Morgan fingerprint density at radius 2 is 1.93 bits per heavy atom. The second kappa shape index (κ2) is 6.52. The molecule has 0 radical (unpaired) electrons. The van der Waals surface area contributed by atoms with Crippen molar-refractivity contribution in [2.45, 2.75) is 57.4 Å². The lowest BCUT2D eigenvalue weighted by atomic mass is 9.76. The fourth-order valence-corrected chi connectivity index (χ4v) is 4.85. The number of nitrogens with zero attached hydrogens (tertiary/aromatic N) is 1. The molecule has 4 atom stereocenters. The summed E-state index contributed by atoms with van der Waals surface area (Å²) in [6, 6.07) is 2.25. The standard InChI is InChI=1S/C19H18F6N2O3/c1-9-14-27(8-10-6-11(18(20,21)22)2-3-13(10)30-14)16(29)17(9)5-4-12(7-17)26-15(28)19(23,24)25/h2-3,6,9,12,14H,4-5,7-8H2,1H3,(H,26,28)/t9?,12-,14?,17+/m1/s1. The van der Waals surface area contributed by atoms with Gasteiger partial charge in [0.1, 0.15) is 5.75 Å². The molecule has 3 aliphatic rings. The molecular formula is C19H18F6N2O3. The molecule has 1 N–H and O–H groups in total. The van der Waals surface area contributed by atoms with Gasteiger partial charge in [0, 0.05) is 17.5 Å². The minimum Gasteiger partial charge on any atom is -0.470 e. The summed E-state index contributed by atoms with van der Waals surface area (Å²) in [7, 11) is 0. The molecule has 2 amide bonds. The van der Waals surface area contributed by atoms with Crippen LogP contribution in [-0.2, 0) is 22.3 Å². The van der Waals surface area contributed by atoms with E-state index < -0.39 is 47.4 Å². The van der Waals surface area contributed by atoms with Crippen molar-refractivity contribution in [1.29, 1.82) is 0 Å². The first-order valence-electron chi connectivity index (χ1n) is 9.38. The summed E-state index contributed by atoms with van der Waals surface area (Å²) in [5.41, 5.74) is -1.66. The second-order valence-electron chi connectivity index (χ2n) is 8.12. The van der Waals surface area contributed by atoms with Crippen LogP contribution in [0.25, 0.3) is 0 Å². The molecule has 2 heterocycles. The predicted molar refractivity (Wildman–Crippen MR) is 89.8 cm³/mol. The summed E-state index contributed by atoms with van der Waals surface area (Å²) in [5, 5.41) is 1.93. The highest BCUT2D eigenvalue weighted by Crippen LogP contribution is 2.54. The summed E-state index contributed by atoms with van der Waals surface area (Å²) in [5.74, 6) is -2.58. The number of fused-ring (bicyclic) bond motifs is 2. The lowest BCUT2D eigenvalue weighted by Crippen LogP contribution is -2.43. The fraction of sp³-hybridized carbons (Fsp3) is 0.579. The fourth-order valence-electron chi connectivity index (χ4n) is 4.85. The molecule has 1 aromatic carbocycles. The van der Waals surface area contributed by atoms with Crippen LogP contribution in [0.1, 0.15) is 37.3 Å². The highest BCUT2D eigenvalue weighted by atomic mass is 19.4. The third kappa shape index (κ3) is 3.18. The maximum atomic E-state index is 13.2. The minimum absolute atomic E-state index is 0.0231. The highest BCUT2D eigenvalue weighted by molar-refractivity contribution is 5.87. The van der Waals surface area contributed by atoms with Crippen molar-refractivity contribution in [3.8, 4) is 5.75 Å². The number of hydrogen-bond donors (Lipinski definition) is 1. The number of halogens is 6. The van der Waals surface area contributed by atoms with Gasteiger partial charge in [-0.2, -0.15) is 26.3 Å². The van der Waals surface area contributed by atoms with Crippen LogP contribution in [0, 0.1) is 11.3 Å². The molecular weight excluding hydrogens is 418 g/mol. The Balaban J connectivity index is 1.55. The molecule has 2 fully saturated rings. The van der Waals surface area contributed by atoms with Crippen molar-refractivity contribution in [3.05, 3.63) is 29.3 Å². The number of nitrogens with one attached hydrogen (secondary N) is 1. The van der Waals surface area contributed by atoms with E-state index in [1.54, 1.807) is 6.92 Å².